The summed E-state index contributed by atoms with van der Waals surface area (Å²) in [5.41, 5.74) is 1.61. The Morgan fingerprint density at radius 2 is 1.97 bits per heavy atom. The molecule has 9 nitrogen and oxygen atoms in total. The van der Waals surface area contributed by atoms with Crippen molar-refractivity contribution < 1.29 is 9.53 Å². The predicted octanol–water partition coefficient (Wildman–Crippen LogP) is 4.75. The number of ether oxygens (including phenoxy) is 1. The van der Waals surface area contributed by atoms with Gasteiger partial charge < -0.3 is 9.72 Å². The fourth-order valence-electron chi connectivity index (χ4n) is 3.99. The smallest absolute Gasteiger partial charge is 0.423 e. The normalized spacial score (nSPS) is 12.9. The van der Waals surface area contributed by atoms with Crippen molar-refractivity contribution in [3.05, 3.63) is 58.5 Å². The van der Waals surface area contributed by atoms with Crippen molar-refractivity contribution in [2.24, 2.45) is 5.92 Å². The Morgan fingerprint density at radius 3 is 2.65 bits per heavy atom. The summed E-state index contributed by atoms with van der Waals surface area (Å²) in [5, 5.41) is 9.24. The lowest BCUT2D eigenvalue weighted by molar-refractivity contribution is 0.0536. The van der Waals surface area contributed by atoms with E-state index in [1.165, 1.54) is 6.20 Å². The SMILES string of the molecule is CC(C)CCC(c1nc2ccc(C#N)cc2[nH]1)n1c(=O)n(C(=O)OC(C)(C)C)c2cnccc21. The van der Waals surface area contributed by atoms with Gasteiger partial charge in [0, 0.05) is 6.20 Å². The van der Waals surface area contributed by atoms with Crippen LogP contribution in [0.5, 0.6) is 0 Å². The van der Waals surface area contributed by atoms with Gasteiger partial charge in [0.25, 0.3) is 0 Å². The van der Waals surface area contributed by atoms with E-state index in [4.69, 9.17) is 9.72 Å². The zero-order valence-electron chi connectivity index (χ0n) is 20.0. The van der Waals surface area contributed by atoms with E-state index in [1.54, 1.807) is 55.8 Å². The van der Waals surface area contributed by atoms with Crippen LogP contribution >= 0.6 is 0 Å². The van der Waals surface area contributed by atoms with Crippen molar-refractivity contribution in [2.45, 2.75) is 59.1 Å². The zero-order valence-corrected chi connectivity index (χ0v) is 20.0. The van der Waals surface area contributed by atoms with Crippen LogP contribution in [0.1, 0.15) is 64.9 Å². The Bertz CT molecular complexity index is 1460. The third-order valence-corrected chi connectivity index (χ3v) is 5.53. The fraction of sp³-hybridized carbons (Fsp3) is 0.400. The minimum Gasteiger partial charge on any atom is -0.443 e. The monoisotopic (exact) mass is 460 g/mol. The number of nitrogens with one attached hydrogen (secondary N) is 1. The lowest BCUT2D eigenvalue weighted by Gasteiger charge is -2.19. The summed E-state index contributed by atoms with van der Waals surface area (Å²) in [7, 11) is 0. The van der Waals surface area contributed by atoms with Gasteiger partial charge in [-0.2, -0.15) is 9.83 Å². The summed E-state index contributed by atoms with van der Waals surface area (Å²) in [4.78, 5) is 38.9. The van der Waals surface area contributed by atoms with Crippen molar-refractivity contribution in [1.82, 2.24) is 24.1 Å². The molecule has 0 aliphatic heterocycles. The Kier molecular flexibility index (Phi) is 6.00. The van der Waals surface area contributed by atoms with Crippen LogP contribution in [-0.2, 0) is 4.74 Å². The molecule has 0 radical (unpaired) electrons. The van der Waals surface area contributed by atoms with Crippen molar-refractivity contribution in [3.63, 3.8) is 0 Å². The third-order valence-electron chi connectivity index (χ3n) is 5.53. The Labute approximate surface area is 197 Å². The van der Waals surface area contributed by atoms with Crippen molar-refractivity contribution in [2.75, 3.05) is 0 Å². The Hall–Kier alpha value is -3.93. The van der Waals surface area contributed by atoms with Crippen molar-refractivity contribution >= 4 is 28.2 Å². The first-order chi connectivity index (χ1) is 16.1. The van der Waals surface area contributed by atoms with Gasteiger partial charge in [-0.3, -0.25) is 9.55 Å². The number of imidazole rings is 2. The van der Waals surface area contributed by atoms with E-state index in [2.05, 4.69) is 29.9 Å². The predicted molar refractivity (Wildman–Crippen MR) is 129 cm³/mol. The molecule has 0 bridgehead atoms. The van der Waals surface area contributed by atoms with Crippen LogP contribution in [0.2, 0.25) is 0 Å². The minimum absolute atomic E-state index is 0.374. The minimum atomic E-state index is -0.763. The molecule has 176 valence electrons. The Balaban J connectivity index is 1.92. The second kappa shape index (κ2) is 8.78. The van der Waals surface area contributed by atoms with Gasteiger partial charge in [0.15, 0.2) is 0 Å². The van der Waals surface area contributed by atoms with Crippen LogP contribution in [0.3, 0.4) is 0 Å². The van der Waals surface area contributed by atoms with Crippen LogP contribution in [0.4, 0.5) is 4.79 Å². The molecule has 0 saturated carbocycles. The summed E-state index contributed by atoms with van der Waals surface area (Å²) >= 11 is 0. The molecule has 0 fully saturated rings. The highest BCUT2D eigenvalue weighted by molar-refractivity contribution is 5.86. The first-order valence-corrected chi connectivity index (χ1v) is 11.3. The van der Waals surface area contributed by atoms with Crippen molar-refractivity contribution in [1.29, 1.82) is 5.26 Å². The molecule has 0 spiro atoms. The summed E-state index contributed by atoms with van der Waals surface area (Å²) in [6.45, 7) is 9.49. The van der Waals surface area contributed by atoms with Crippen LogP contribution in [0, 0.1) is 17.2 Å². The van der Waals surface area contributed by atoms with Gasteiger partial charge in [0.2, 0.25) is 0 Å². The lowest BCUT2D eigenvalue weighted by Crippen LogP contribution is -2.35. The zero-order chi connectivity index (χ0) is 24.6. The van der Waals surface area contributed by atoms with E-state index in [0.717, 1.165) is 11.0 Å². The number of hydrogen-bond acceptors (Lipinski definition) is 6. The van der Waals surface area contributed by atoms with Crippen LogP contribution in [-0.4, -0.2) is 35.8 Å². The molecular formula is C25H28N6O3. The van der Waals surface area contributed by atoms with Gasteiger partial charge in [0.1, 0.15) is 11.4 Å². The number of aromatic amines is 1. The largest absolute Gasteiger partial charge is 0.443 e. The van der Waals surface area contributed by atoms with Gasteiger partial charge in [0.05, 0.1) is 45.9 Å². The fourth-order valence-corrected chi connectivity index (χ4v) is 3.99. The average molecular weight is 461 g/mol. The number of nitriles is 1. The number of aromatic nitrogens is 5. The quantitative estimate of drug-likeness (QED) is 0.459. The highest BCUT2D eigenvalue weighted by Crippen LogP contribution is 2.28. The molecule has 0 saturated heterocycles. The number of benzene rings is 1. The van der Waals surface area contributed by atoms with Crippen LogP contribution < -0.4 is 5.69 Å². The molecule has 3 aromatic heterocycles. The summed E-state index contributed by atoms with van der Waals surface area (Å²) < 4.78 is 8.14. The highest BCUT2D eigenvalue weighted by atomic mass is 16.6. The number of fused-ring (bicyclic) bond motifs is 2. The topological polar surface area (TPSA) is 119 Å². The average Bonchev–Trinajstić information content (AvgIpc) is 3.30. The van der Waals surface area contributed by atoms with E-state index >= 15 is 0 Å². The van der Waals surface area contributed by atoms with E-state index in [0.29, 0.717) is 45.8 Å². The Morgan fingerprint density at radius 1 is 1.21 bits per heavy atom. The van der Waals surface area contributed by atoms with E-state index in [1.807, 2.05) is 0 Å². The molecule has 0 aliphatic rings. The van der Waals surface area contributed by atoms with E-state index in [-0.39, 0.29) is 0 Å². The molecule has 1 unspecified atom stereocenters. The molecule has 1 aromatic carbocycles. The number of hydrogen-bond donors (Lipinski definition) is 1. The maximum atomic E-state index is 13.7. The molecule has 0 aliphatic carbocycles. The summed E-state index contributed by atoms with van der Waals surface area (Å²) in [6.07, 6.45) is 3.80. The number of pyridine rings is 1. The maximum Gasteiger partial charge on any atom is 0.423 e. The lowest BCUT2D eigenvalue weighted by atomic mass is 10.0. The molecule has 34 heavy (non-hydrogen) atoms. The van der Waals surface area contributed by atoms with Gasteiger partial charge in [-0.25, -0.2) is 14.6 Å². The van der Waals surface area contributed by atoms with Crippen LogP contribution in [0.25, 0.3) is 22.1 Å². The van der Waals surface area contributed by atoms with Gasteiger partial charge in [-0.1, -0.05) is 13.8 Å². The number of carbonyl (C=O) groups is 1. The number of nitrogens with zero attached hydrogens (tertiary/aromatic N) is 5. The van der Waals surface area contributed by atoms with Gasteiger partial charge >= 0.3 is 11.8 Å². The van der Waals surface area contributed by atoms with Gasteiger partial charge in [-0.05, 0) is 63.8 Å². The maximum absolute atomic E-state index is 13.7. The molecule has 1 N–H and O–H groups in total. The molecule has 4 aromatic rings. The standard InChI is InChI=1S/C25H28N6O3/c1-15(2)6-9-20(22-28-17-8-7-16(13-26)12-18(17)29-22)30-19-10-11-27-14-21(19)31(23(30)32)24(33)34-25(3,4)5/h7-8,10-12,14-15,20H,6,9H2,1-5H3,(H,28,29). The molecule has 9 heteroatoms. The highest BCUT2D eigenvalue weighted by Gasteiger charge is 2.29. The molecule has 0 amide bonds. The summed E-state index contributed by atoms with van der Waals surface area (Å²) in [6, 6.07) is 8.62. The summed E-state index contributed by atoms with van der Waals surface area (Å²) in [5.74, 6) is 0.988. The van der Waals surface area contributed by atoms with Crippen molar-refractivity contribution in [3.8, 4) is 6.07 Å². The molecule has 4 rings (SSSR count). The first-order valence-electron chi connectivity index (χ1n) is 11.3. The third kappa shape index (κ3) is 4.44. The first kappa shape index (κ1) is 23.2. The molecule has 1 atom stereocenters. The molecule has 3 heterocycles. The van der Waals surface area contributed by atoms with E-state index < -0.39 is 23.4 Å². The second-order valence-corrected chi connectivity index (χ2v) is 9.79. The molecular weight excluding hydrogens is 432 g/mol. The number of H-pyrrole nitrogens is 1. The van der Waals surface area contributed by atoms with Crippen LogP contribution in [0.15, 0.2) is 41.5 Å². The number of carbonyl (C=O) groups excluding carboxylic acids is 1. The van der Waals surface area contributed by atoms with Gasteiger partial charge in [-0.15, -0.1) is 0 Å². The second-order valence-electron chi connectivity index (χ2n) is 9.79. The number of rotatable bonds is 5. The van der Waals surface area contributed by atoms with E-state index in [9.17, 15) is 14.9 Å².